The third kappa shape index (κ3) is 2.77. The zero-order valence-corrected chi connectivity index (χ0v) is 10.8. The number of rotatable bonds is 6. The van der Waals surface area contributed by atoms with Crippen LogP contribution < -0.4 is 4.90 Å². The van der Waals surface area contributed by atoms with E-state index in [9.17, 15) is 0 Å². The van der Waals surface area contributed by atoms with Crippen LogP contribution in [0.3, 0.4) is 0 Å². The van der Waals surface area contributed by atoms with Gasteiger partial charge in [-0.25, -0.2) is 9.97 Å². The van der Waals surface area contributed by atoms with E-state index in [2.05, 4.69) is 27.9 Å². The third-order valence-corrected chi connectivity index (χ3v) is 3.39. The Morgan fingerprint density at radius 3 is 2.83 bits per heavy atom. The fourth-order valence-electron chi connectivity index (χ4n) is 2.14. The van der Waals surface area contributed by atoms with Crippen LogP contribution in [0.4, 0.5) is 5.82 Å². The number of nitrogens with zero attached hydrogens (tertiary/aromatic N) is 4. The molecule has 1 aliphatic carbocycles. The molecule has 0 N–H and O–H groups in total. The highest BCUT2D eigenvalue weighted by molar-refractivity contribution is 5.50. The van der Waals surface area contributed by atoms with Crippen molar-refractivity contribution >= 4 is 5.82 Å². The van der Waals surface area contributed by atoms with Crippen molar-refractivity contribution in [2.45, 2.75) is 25.8 Å². The molecule has 18 heavy (non-hydrogen) atoms. The van der Waals surface area contributed by atoms with Crippen molar-refractivity contribution in [2.24, 2.45) is 5.92 Å². The van der Waals surface area contributed by atoms with E-state index in [1.807, 2.05) is 0 Å². The molecule has 0 radical (unpaired) electrons. The van der Waals surface area contributed by atoms with E-state index in [-0.39, 0.29) is 0 Å². The lowest BCUT2D eigenvalue weighted by atomic mass is 10.1. The Balaban J connectivity index is 2.23. The number of hydrogen-bond acceptors (Lipinski definition) is 5. The highest BCUT2D eigenvalue weighted by Gasteiger charge is 2.33. The number of ether oxygens (including phenoxy) is 1. The van der Waals surface area contributed by atoms with Gasteiger partial charge in [-0.2, -0.15) is 5.26 Å². The molecule has 0 aromatic carbocycles. The molecule has 5 heteroatoms. The number of aromatic nitrogens is 2. The monoisotopic (exact) mass is 246 g/mol. The van der Waals surface area contributed by atoms with Gasteiger partial charge in [-0.15, -0.1) is 0 Å². The summed E-state index contributed by atoms with van der Waals surface area (Å²) < 4.78 is 5.14. The summed E-state index contributed by atoms with van der Waals surface area (Å²) in [6, 6.07) is 2.49. The molecule has 0 saturated heterocycles. The lowest BCUT2D eigenvalue weighted by molar-refractivity contribution is 0.202. The van der Waals surface area contributed by atoms with Crippen LogP contribution in [0.25, 0.3) is 0 Å². The molecule has 1 aliphatic rings. The smallest absolute Gasteiger partial charge is 0.183 e. The molecule has 0 bridgehead atoms. The number of methoxy groups -OCH3 is 1. The Labute approximate surface area is 107 Å². The van der Waals surface area contributed by atoms with Gasteiger partial charge in [-0.05, 0) is 25.7 Å². The second-order valence-electron chi connectivity index (χ2n) is 4.60. The predicted octanol–water partition coefficient (Wildman–Crippen LogP) is 1.60. The Morgan fingerprint density at radius 1 is 1.50 bits per heavy atom. The molecule has 1 fully saturated rings. The van der Waals surface area contributed by atoms with Gasteiger partial charge in [0.15, 0.2) is 11.5 Å². The molecule has 0 aliphatic heterocycles. The molecule has 0 amide bonds. The summed E-state index contributed by atoms with van der Waals surface area (Å²) in [4.78, 5) is 10.5. The average molecular weight is 246 g/mol. The van der Waals surface area contributed by atoms with Crippen molar-refractivity contribution in [3.8, 4) is 6.07 Å². The van der Waals surface area contributed by atoms with Gasteiger partial charge in [0.05, 0.1) is 6.61 Å². The minimum absolute atomic E-state index is 0.379. The fraction of sp³-hybridized carbons (Fsp3) is 0.615. The standard InChI is InChI=1S/C13H18N4O/c1-10(11-3-4-11)17(7-8-18-2)13-12(9-14)15-5-6-16-13/h5-6,10-11H,3-4,7-8H2,1-2H3. The van der Waals surface area contributed by atoms with Crippen molar-refractivity contribution in [1.82, 2.24) is 9.97 Å². The first kappa shape index (κ1) is 12.8. The minimum atomic E-state index is 0.379. The molecule has 1 atom stereocenters. The van der Waals surface area contributed by atoms with E-state index in [0.717, 1.165) is 6.54 Å². The molecule has 1 aromatic heterocycles. The van der Waals surface area contributed by atoms with Crippen LogP contribution in [-0.4, -0.2) is 36.3 Å². The topological polar surface area (TPSA) is 62.0 Å². The summed E-state index contributed by atoms with van der Waals surface area (Å²) in [5, 5.41) is 9.12. The van der Waals surface area contributed by atoms with Crippen molar-refractivity contribution < 1.29 is 4.74 Å². The average Bonchev–Trinajstić information content (AvgIpc) is 3.23. The second kappa shape index (κ2) is 5.78. The SMILES string of the molecule is COCCN(c1nccnc1C#N)C(C)C1CC1. The molecule has 2 rings (SSSR count). The number of anilines is 1. The maximum atomic E-state index is 9.12. The van der Waals surface area contributed by atoms with Gasteiger partial charge < -0.3 is 9.64 Å². The van der Waals surface area contributed by atoms with Gasteiger partial charge in [-0.1, -0.05) is 0 Å². The van der Waals surface area contributed by atoms with Crippen LogP contribution in [0.5, 0.6) is 0 Å². The highest BCUT2D eigenvalue weighted by atomic mass is 16.5. The van der Waals surface area contributed by atoms with Crippen molar-refractivity contribution in [2.75, 3.05) is 25.2 Å². The zero-order valence-electron chi connectivity index (χ0n) is 10.8. The summed E-state index contributed by atoms with van der Waals surface area (Å²) in [6.45, 7) is 3.54. The van der Waals surface area contributed by atoms with Crippen molar-refractivity contribution in [3.63, 3.8) is 0 Å². The Morgan fingerprint density at radius 2 is 2.22 bits per heavy atom. The summed E-state index contributed by atoms with van der Waals surface area (Å²) in [5.41, 5.74) is 0.390. The van der Waals surface area contributed by atoms with Crippen molar-refractivity contribution in [3.05, 3.63) is 18.1 Å². The van der Waals surface area contributed by atoms with Crippen LogP contribution in [0.1, 0.15) is 25.5 Å². The van der Waals surface area contributed by atoms with E-state index in [1.165, 1.54) is 12.8 Å². The zero-order chi connectivity index (χ0) is 13.0. The normalized spacial score (nSPS) is 16.1. The summed E-state index contributed by atoms with van der Waals surface area (Å²) in [6.07, 6.45) is 5.70. The fourth-order valence-corrected chi connectivity index (χ4v) is 2.14. The van der Waals surface area contributed by atoms with Crippen LogP contribution in [-0.2, 0) is 4.74 Å². The van der Waals surface area contributed by atoms with Crippen LogP contribution in [0, 0.1) is 17.2 Å². The molecule has 1 unspecified atom stereocenters. The number of hydrogen-bond donors (Lipinski definition) is 0. The molecular formula is C13H18N4O. The molecule has 96 valence electrons. The molecule has 1 saturated carbocycles. The van der Waals surface area contributed by atoms with E-state index < -0.39 is 0 Å². The van der Waals surface area contributed by atoms with E-state index in [0.29, 0.717) is 30.1 Å². The first-order chi connectivity index (χ1) is 8.77. The van der Waals surface area contributed by atoms with Gasteiger partial charge in [0.2, 0.25) is 0 Å². The Kier molecular flexibility index (Phi) is 4.11. The molecule has 1 heterocycles. The van der Waals surface area contributed by atoms with Gasteiger partial charge in [0, 0.05) is 32.1 Å². The molecule has 1 aromatic rings. The Hall–Kier alpha value is -1.67. The maximum Gasteiger partial charge on any atom is 0.183 e. The molecule has 5 nitrogen and oxygen atoms in total. The van der Waals surface area contributed by atoms with Gasteiger partial charge in [-0.3, -0.25) is 0 Å². The van der Waals surface area contributed by atoms with Crippen LogP contribution in [0.15, 0.2) is 12.4 Å². The maximum absolute atomic E-state index is 9.12. The summed E-state index contributed by atoms with van der Waals surface area (Å²) in [7, 11) is 1.68. The van der Waals surface area contributed by atoms with E-state index in [4.69, 9.17) is 10.00 Å². The van der Waals surface area contributed by atoms with Gasteiger partial charge in [0.1, 0.15) is 6.07 Å². The molecule has 0 spiro atoms. The van der Waals surface area contributed by atoms with E-state index in [1.54, 1.807) is 19.5 Å². The summed E-state index contributed by atoms with van der Waals surface area (Å²) in [5.74, 6) is 1.38. The van der Waals surface area contributed by atoms with Crippen LogP contribution >= 0.6 is 0 Å². The second-order valence-corrected chi connectivity index (χ2v) is 4.60. The predicted molar refractivity (Wildman–Crippen MR) is 68.2 cm³/mol. The summed E-state index contributed by atoms with van der Waals surface area (Å²) >= 11 is 0. The first-order valence-corrected chi connectivity index (χ1v) is 6.24. The van der Waals surface area contributed by atoms with Gasteiger partial charge in [0.25, 0.3) is 0 Å². The highest BCUT2D eigenvalue weighted by Crippen LogP contribution is 2.36. The first-order valence-electron chi connectivity index (χ1n) is 6.24. The lowest BCUT2D eigenvalue weighted by Crippen LogP contribution is -2.38. The third-order valence-electron chi connectivity index (χ3n) is 3.39. The van der Waals surface area contributed by atoms with Crippen LogP contribution in [0.2, 0.25) is 0 Å². The van der Waals surface area contributed by atoms with Crippen molar-refractivity contribution in [1.29, 1.82) is 5.26 Å². The Bertz CT molecular complexity index is 439. The number of nitriles is 1. The molecular weight excluding hydrogens is 228 g/mol. The minimum Gasteiger partial charge on any atom is -0.383 e. The quantitative estimate of drug-likeness (QED) is 0.763. The van der Waals surface area contributed by atoms with E-state index >= 15 is 0 Å². The largest absolute Gasteiger partial charge is 0.383 e. The lowest BCUT2D eigenvalue weighted by Gasteiger charge is -2.30. The van der Waals surface area contributed by atoms with Gasteiger partial charge >= 0.3 is 0 Å².